The lowest BCUT2D eigenvalue weighted by Gasteiger charge is -2.21. The van der Waals surface area contributed by atoms with Crippen molar-refractivity contribution in [2.75, 3.05) is 33.2 Å². The maximum atomic E-state index is 12.7. The fraction of sp³-hybridized carbons (Fsp3) is 0.350. The molecule has 126 valence electrons. The van der Waals surface area contributed by atoms with Crippen LogP contribution in [0.4, 0.5) is 0 Å². The predicted molar refractivity (Wildman–Crippen MR) is 95.2 cm³/mol. The summed E-state index contributed by atoms with van der Waals surface area (Å²) in [4.78, 5) is 17.0. The zero-order valence-corrected chi connectivity index (χ0v) is 14.1. The van der Waals surface area contributed by atoms with E-state index in [1.807, 2.05) is 59.5 Å². The average molecular weight is 324 g/mol. The Kier molecular flexibility index (Phi) is 5.49. The molecule has 1 heterocycles. The van der Waals surface area contributed by atoms with Crippen molar-refractivity contribution >= 4 is 5.91 Å². The molecule has 1 fully saturated rings. The highest BCUT2D eigenvalue weighted by Gasteiger charge is 2.19. The van der Waals surface area contributed by atoms with Crippen LogP contribution in [0, 0.1) is 0 Å². The van der Waals surface area contributed by atoms with Gasteiger partial charge in [0.05, 0.1) is 0 Å². The summed E-state index contributed by atoms with van der Waals surface area (Å²) in [5.74, 6) is 0.826. The van der Waals surface area contributed by atoms with E-state index in [1.54, 1.807) is 0 Å². The molecule has 0 bridgehead atoms. The van der Waals surface area contributed by atoms with Crippen LogP contribution in [0.25, 0.3) is 0 Å². The van der Waals surface area contributed by atoms with Crippen LogP contribution >= 0.6 is 0 Å². The number of hydrogen-bond donors (Lipinski definition) is 0. The third-order valence-corrected chi connectivity index (χ3v) is 4.34. The fourth-order valence-electron chi connectivity index (χ4n) is 2.89. The van der Waals surface area contributed by atoms with Crippen LogP contribution in [0.2, 0.25) is 0 Å². The number of carbonyl (C=O) groups is 1. The highest BCUT2D eigenvalue weighted by molar-refractivity contribution is 5.94. The number of likely N-dealkylation sites (N-methyl/N-ethyl adjacent to an activating group) is 1. The zero-order valence-electron chi connectivity index (χ0n) is 14.1. The molecule has 1 saturated heterocycles. The Morgan fingerprint density at radius 2 is 1.83 bits per heavy atom. The lowest BCUT2D eigenvalue weighted by Crippen LogP contribution is -2.34. The maximum Gasteiger partial charge on any atom is 0.254 e. The Bertz CT molecular complexity index is 672. The number of amides is 1. The van der Waals surface area contributed by atoms with Gasteiger partial charge in [-0.25, -0.2) is 0 Å². The molecular weight excluding hydrogens is 300 g/mol. The van der Waals surface area contributed by atoms with E-state index < -0.39 is 0 Å². The number of hydrogen-bond acceptors (Lipinski definition) is 3. The zero-order chi connectivity index (χ0) is 16.8. The van der Waals surface area contributed by atoms with Gasteiger partial charge in [-0.05, 0) is 43.8 Å². The molecule has 0 saturated carbocycles. The Labute approximate surface area is 143 Å². The molecule has 24 heavy (non-hydrogen) atoms. The van der Waals surface area contributed by atoms with E-state index >= 15 is 0 Å². The largest absolute Gasteiger partial charge is 0.489 e. The number of benzene rings is 2. The lowest BCUT2D eigenvalue weighted by atomic mass is 10.2. The van der Waals surface area contributed by atoms with Gasteiger partial charge in [-0.1, -0.05) is 36.4 Å². The molecule has 2 aromatic carbocycles. The van der Waals surface area contributed by atoms with Crippen LogP contribution in [0.1, 0.15) is 22.3 Å². The summed E-state index contributed by atoms with van der Waals surface area (Å²) in [6, 6.07) is 17.5. The van der Waals surface area contributed by atoms with Gasteiger partial charge in [0.25, 0.3) is 5.91 Å². The minimum absolute atomic E-state index is 0.0930. The summed E-state index contributed by atoms with van der Waals surface area (Å²) in [5.41, 5.74) is 1.81. The molecule has 1 aliphatic heterocycles. The van der Waals surface area contributed by atoms with Crippen LogP contribution in [-0.4, -0.2) is 48.9 Å². The highest BCUT2D eigenvalue weighted by atomic mass is 16.5. The topological polar surface area (TPSA) is 32.8 Å². The molecule has 0 aromatic heterocycles. The number of nitrogens with zero attached hydrogens (tertiary/aromatic N) is 2. The Morgan fingerprint density at radius 3 is 2.67 bits per heavy atom. The molecule has 3 rings (SSSR count). The first-order chi connectivity index (χ1) is 11.7. The summed E-state index contributed by atoms with van der Waals surface area (Å²) in [7, 11) is 2.10. The first-order valence-corrected chi connectivity index (χ1v) is 8.47. The molecule has 0 radical (unpaired) electrons. The maximum absolute atomic E-state index is 12.7. The third-order valence-electron chi connectivity index (χ3n) is 4.34. The average Bonchev–Trinajstić information content (AvgIpc) is 2.85. The summed E-state index contributed by atoms with van der Waals surface area (Å²) in [5, 5.41) is 0. The van der Waals surface area contributed by atoms with E-state index in [0.717, 1.165) is 43.9 Å². The smallest absolute Gasteiger partial charge is 0.254 e. The lowest BCUT2D eigenvalue weighted by molar-refractivity contribution is 0.0762. The second kappa shape index (κ2) is 7.97. The molecule has 1 amide bonds. The predicted octanol–water partition coefficient (Wildman–Crippen LogP) is 3.04. The van der Waals surface area contributed by atoms with Crippen LogP contribution in [-0.2, 0) is 6.61 Å². The van der Waals surface area contributed by atoms with Gasteiger partial charge in [0.1, 0.15) is 12.4 Å². The molecule has 0 unspecified atom stereocenters. The van der Waals surface area contributed by atoms with Gasteiger partial charge in [0.2, 0.25) is 0 Å². The van der Waals surface area contributed by atoms with Gasteiger partial charge >= 0.3 is 0 Å². The van der Waals surface area contributed by atoms with Crippen molar-refractivity contribution in [3.8, 4) is 5.75 Å². The van der Waals surface area contributed by atoms with E-state index in [9.17, 15) is 4.79 Å². The molecule has 4 heteroatoms. The SMILES string of the molecule is CN1CCCN(C(=O)c2cccc(OCc3ccccc3)c2)CC1. The summed E-state index contributed by atoms with van der Waals surface area (Å²) in [6.07, 6.45) is 1.02. The van der Waals surface area contributed by atoms with Crippen LogP contribution in [0.5, 0.6) is 5.75 Å². The highest BCUT2D eigenvalue weighted by Crippen LogP contribution is 2.17. The molecule has 0 spiro atoms. The van der Waals surface area contributed by atoms with Crippen molar-refractivity contribution in [3.63, 3.8) is 0 Å². The number of carbonyl (C=O) groups excluding carboxylic acids is 1. The Hall–Kier alpha value is -2.33. The van der Waals surface area contributed by atoms with Gasteiger partial charge in [-0.2, -0.15) is 0 Å². The van der Waals surface area contributed by atoms with E-state index in [2.05, 4.69) is 11.9 Å². The standard InChI is InChI=1S/C20H24N2O2/c1-21-11-6-12-22(14-13-21)20(23)18-9-5-10-19(15-18)24-16-17-7-3-2-4-8-17/h2-5,7-10,15H,6,11-14,16H2,1H3. The van der Waals surface area contributed by atoms with E-state index in [4.69, 9.17) is 4.74 Å². The first kappa shape index (κ1) is 16.5. The second-order valence-electron chi connectivity index (χ2n) is 6.25. The number of rotatable bonds is 4. The molecule has 0 N–H and O–H groups in total. The molecule has 0 atom stereocenters. The fourth-order valence-corrected chi connectivity index (χ4v) is 2.89. The third kappa shape index (κ3) is 4.36. The molecule has 4 nitrogen and oxygen atoms in total. The van der Waals surface area contributed by atoms with Crippen LogP contribution < -0.4 is 4.74 Å². The Balaban J connectivity index is 1.64. The second-order valence-corrected chi connectivity index (χ2v) is 6.25. The molecule has 0 aliphatic carbocycles. The van der Waals surface area contributed by atoms with Crippen LogP contribution in [0.15, 0.2) is 54.6 Å². The van der Waals surface area contributed by atoms with Crippen molar-refractivity contribution in [1.29, 1.82) is 0 Å². The molecule has 2 aromatic rings. The van der Waals surface area contributed by atoms with Crippen molar-refractivity contribution in [3.05, 3.63) is 65.7 Å². The summed E-state index contributed by atoms with van der Waals surface area (Å²) >= 11 is 0. The quantitative estimate of drug-likeness (QED) is 0.866. The molecular formula is C20H24N2O2. The number of ether oxygens (including phenoxy) is 1. The van der Waals surface area contributed by atoms with Gasteiger partial charge < -0.3 is 14.5 Å². The van der Waals surface area contributed by atoms with Gasteiger partial charge in [-0.15, -0.1) is 0 Å². The van der Waals surface area contributed by atoms with Crippen molar-refractivity contribution in [2.24, 2.45) is 0 Å². The van der Waals surface area contributed by atoms with Crippen molar-refractivity contribution in [2.45, 2.75) is 13.0 Å². The van der Waals surface area contributed by atoms with E-state index in [0.29, 0.717) is 12.2 Å². The van der Waals surface area contributed by atoms with Gasteiger partial charge in [0, 0.05) is 25.2 Å². The van der Waals surface area contributed by atoms with Crippen molar-refractivity contribution in [1.82, 2.24) is 9.80 Å². The Morgan fingerprint density at radius 1 is 1.00 bits per heavy atom. The monoisotopic (exact) mass is 324 g/mol. The molecule has 1 aliphatic rings. The summed E-state index contributed by atoms with van der Waals surface area (Å²) < 4.78 is 5.83. The normalized spacial score (nSPS) is 15.8. The minimum atomic E-state index is 0.0930. The van der Waals surface area contributed by atoms with E-state index in [1.165, 1.54) is 0 Å². The van der Waals surface area contributed by atoms with Crippen molar-refractivity contribution < 1.29 is 9.53 Å². The van der Waals surface area contributed by atoms with E-state index in [-0.39, 0.29) is 5.91 Å². The summed E-state index contributed by atoms with van der Waals surface area (Å²) in [6.45, 7) is 4.08. The minimum Gasteiger partial charge on any atom is -0.489 e. The first-order valence-electron chi connectivity index (χ1n) is 8.47. The van der Waals surface area contributed by atoms with Crippen LogP contribution in [0.3, 0.4) is 0 Å². The van der Waals surface area contributed by atoms with Gasteiger partial charge in [-0.3, -0.25) is 4.79 Å². The van der Waals surface area contributed by atoms with Gasteiger partial charge in [0.15, 0.2) is 0 Å².